The lowest BCUT2D eigenvalue weighted by Gasteiger charge is -2.13. The number of hydrogen-bond acceptors (Lipinski definition) is 3. The Labute approximate surface area is 59.6 Å². The third kappa shape index (κ3) is 2.03. The summed E-state index contributed by atoms with van der Waals surface area (Å²) in [4.78, 5) is 10.7. The van der Waals surface area contributed by atoms with E-state index in [1.54, 1.807) is 0 Å². The fraction of sp³-hybridized carbons (Fsp3) is 0.286. The molecule has 0 fully saturated rings. The molecule has 0 heterocycles. The fourth-order valence-electron chi connectivity index (χ4n) is 0.278. The molecule has 0 aromatic rings. The smallest absolute Gasteiger partial charge is 0.346 e. The van der Waals surface area contributed by atoms with E-state index in [0.29, 0.717) is 0 Å². The molecule has 3 nitrogen and oxygen atoms in total. The predicted molar refractivity (Wildman–Crippen MR) is 37.1 cm³/mol. The second-order valence-corrected chi connectivity index (χ2v) is 1.92. The summed E-state index contributed by atoms with van der Waals surface area (Å²) in [5.74, 6) is -0.780. The van der Waals surface area contributed by atoms with Gasteiger partial charge in [-0.15, -0.1) is 0 Å². The first-order valence-electron chi connectivity index (χ1n) is 2.72. The Kier molecular flexibility index (Phi) is 2.83. The Balaban J connectivity index is 4.17. The molecule has 1 atom stereocenters. The Bertz CT molecular complexity index is 158. The maximum atomic E-state index is 10.7. The van der Waals surface area contributed by atoms with Gasteiger partial charge in [0.1, 0.15) is 0 Å². The van der Waals surface area contributed by atoms with Crippen LogP contribution in [0.3, 0.4) is 0 Å². The second kappa shape index (κ2) is 3.17. The van der Waals surface area contributed by atoms with Crippen molar-refractivity contribution >= 4 is 5.97 Å². The van der Waals surface area contributed by atoms with Crippen molar-refractivity contribution < 1.29 is 14.6 Å². The third-order valence-electron chi connectivity index (χ3n) is 1.00. The first kappa shape index (κ1) is 8.91. The van der Waals surface area contributed by atoms with Gasteiger partial charge in [-0.25, -0.2) is 4.79 Å². The Morgan fingerprint density at radius 2 is 2.20 bits per heavy atom. The molecular formula is C7H10O3. The number of esters is 1. The number of aliphatic hydroxyl groups is 1. The standard InChI is InChI=1S/C7H10O3/c1-4-7(3,9)6(8)10-5-2/h4-5,9H,1-2H2,3H3. The SMILES string of the molecule is C=COC(=O)C(C)(O)C=C. The van der Waals surface area contributed by atoms with Crippen LogP contribution in [0, 0.1) is 0 Å². The number of carbonyl (C=O) groups is 1. The van der Waals surface area contributed by atoms with Crippen molar-refractivity contribution in [3.63, 3.8) is 0 Å². The highest BCUT2D eigenvalue weighted by atomic mass is 16.5. The van der Waals surface area contributed by atoms with Gasteiger partial charge >= 0.3 is 5.97 Å². The first-order chi connectivity index (χ1) is 4.54. The highest BCUT2D eigenvalue weighted by molar-refractivity contribution is 5.81. The molecule has 0 aromatic heterocycles. The maximum absolute atomic E-state index is 10.7. The van der Waals surface area contributed by atoms with Gasteiger partial charge in [0, 0.05) is 0 Å². The van der Waals surface area contributed by atoms with Crippen molar-refractivity contribution in [2.75, 3.05) is 0 Å². The van der Waals surface area contributed by atoms with Crippen LogP contribution in [0.4, 0.5) is 0 Å². The molecular weight excluding hydrogens is 132 g/mol. The topological polar surface area (TPSA) is 46.5 Å². The average Bonchev–Trinajstić information content (AvgIpc) is 1.89. The van der Waals surface area contributed by atoms with Crippen LogP contribution in [0.15, 0.2) is 25.5 Å². The second-order valence-electron chi connectivity index (χ2n) is 1.92. The Morgan fingerprint density at radius 3 is 2.50 bits per heavy atom. The van der Waals surface area contributed by atoms with Crippen LogP contribution in [0.2, 0.25) is 0 Å². The molecule has 0 radical (unpaired) electrons. The van der Waals surface area contributed by atoms with E-state index in [-0.39, 0.29) is 0 Å². The van der Waals surface area contributed by atoms with Crippen LogP contribution < -0.4 is 0 Å². The number of ether oxygens (including phenoxy) is 1. The number of carbonyl (C=O) groups excluding carboxylic acids is 1. The minimum absolute atomic E-state index is 0.780. The van der Waals surface area contributed by atoms with Gasteiger partial charge in [-0.2, -0.15) is 0 Å². The quantitative estimate of drug-likeness (QED) is 0.357. The van der Waals surface area contributed by atoms with E-state index < -0.39 is 11.6 Å². The lowest BCUT2D eigenvalue weighted by Crippen LogP contribution is -2.33. The summed E-state index contributed by atoms with van der Waals surface area (Å²) in [7, 11) is 0. The monoisotopic (exact) mass is 142 g/mol. The summed E-state index contributed by atoms with van der Waals surface area (Å²) in [6.45, 7) is 7.69. The normalized spacial score (nSPS) is 15.0. The Morgan fingerprint density at radius 1 is 1.70 bits per heavy atom. The van der Waals surface area contributed by atoms with Gasteiger partial charge in [0.05, 0.1) is 6.26 Å². The van der Waals surface area contributed by atoms with Crippen molar-refractivity contribution in [1.29, 1.82) is 0 Å². The summed E-state index contributed by atoms with van der Waals surface area (Å²) in [5.41, 5.74) is -1.62. The zero-order chi connectivity index (χ0) is 8.20. The molecule has 0 rings (SSSR count). The van der Waals surface area contributed by atoms with Gasteiger partial charge < -0.3 is 9.84 Å². The predicted octanol–water partition coefficient (Wildman–Crippen LogP) is 0.610. The lowest BCUT2D eigenvalue weighted by molar-refractivity contribution is -0.152. The van der Waals surface area contributed by atoms with Gasteiger partial charge in [0.2, 0.25) is 0 Å². The van der Waals surface area contributed by atoms with Gasteiger partial charge in [-0.3, -0.25) is 0 Å². The summed E-state index contributed by atoms with van der Waals surface area (Å²) >= 11 is 0. The van der Waals surface area contributed by atoms with E-state index in [2.05, 4.69) is 17.9 Å². The zero-order valence-electron chi connectivity index (χ0n) is 5.83. The summed E-state index contributed by atoms with van der Waals surface area (Å²) < 4.78 is 4.30. The van der Waals surface area contributed by atoms with Crippen LogP contribution >= 0.6 is 0 Å². The summed E-state index contributed by atoms with van der Waals surface area (Å²) in [6.07, 6.45) is 2.05. The van der Waals surface area contributed by atoms with E-state index in [9.17, 15) is 4.79 Å². The average molecular weight is 142 g/mol. The van der Waals surface area contributed by atoms with E-state index >= 15 is 0 Å². The van der Waals surface area contributed by atoms with Crippen LogP contribution in [0.25, 0.3) is 0 Å². The van der Waals surface area contributed by atoms with Gasteiger partial charge in [0.25, 0.3) is 0 Å². The number of hydrogen-bond donors (Lipinski definition) is 1. The molecule has 0 spiro atoms. The van der Waals surface area contributed by atoms with E-state index in [4.69, 9.17) is 5.11 Å². The van der Waals surface area contributed by atoms with E-state index in [0.717, 1.165) is 12.3 Å². The number of rotatable bonds is 3. The van der Waals surface area contributed by atoms with Crippen LogP contribution in [-0.2, 0) is 9.53 Å². The highest BCUT2D eigenvalue weighted by Gasteiger charge is 2.27. The highest BCUT2D eigenvalue weighted by Crippen LogP contribution is 2.06. The molecule has 56 valence electrons. The van der Waals surface area contributed by atoms with Gasteiger partial charge in [-0.05, 0) is 13.0 Å². The summed E-state index contributed by atoms with van der Waals surface area (Å²) in [5, 5.41) is 9.08. The van der Waals surface area contributed by atoms with Gasteiger partial charge in [-0.1, -0.05) is 13.2 Å². The van der Waals surface area contributed by atoms with E-state index in [1.807, 2.05) is 0 Å². The minimum Gasteiger partial charge on any atom is -0.433 e. The van der Waals surface area contributed by atoms with Gasteiger partial charge in [0.15, 0.2) is 5.60 Å². The third-order valence-corrected chi connectivity index (χ3v) is 1.00. The van der Waals surface area contributed by atoms with Crippen LogP contribution in [0.5, 0.6) is 0 Å². The molecule has 1 unspecified atom stereocenters. The first-order valence-corrected chi connectivity index (χ1v) is 2.72. The lowest BCUT2D eigenvalue weighted by atomic mass is 10.1. The van der Waals surface area contributed by atoms with Crippen molar-refractivity contribution in [1.82, 2.24) is 0 Å². The van der Waals surface area contributed by atoms with Crippen molar-refractivity contribution in [2.45, 2.75) is 12.5 Å². The minimum atomic E-state index is -1.62. The zero-order valence-corrected chi connectivity index (χ0v) is 5.83. The fourth-order valence-corrected chi connectivity index (χ4v) is 0.278. The molecule has 0 aromatic carbocycles. The molecule has 10 heavy (non-hydrogen) atoms. The molecule has 0 saturated carbocycles. The van der Waals surface area contributed by atoms with E-state index in [1.165, 1.54) is 6.92 Å². The molecule has 0 bridgehead atoms. The van der Waals surface area contributed by atoms with Crippen molar-refractivity contribution in [3.05, 3.63) is 25.5 Å². The van der Waals surface area contributed by atoms with Crippen molar-refractivity contribution in [3.8, 4) is 0 Å². The largest absolute Gasteiger partial charge is 0.433 e. The molecule has 0 aliphatic carbocycles. The molecule has 1 N–H and O–H groups in total. The Hall–Kier alpha value is -1.09. The molecule has 0 aliphatic heterocycles. The van der Waals surface area contributed by atoms with Crippen LogP contribution in [-0.4, -0.2) is 16.7 Å². The van der Waals surface area contributed by atoms with Crippen LogP contribution in [0.1, 0.15) is 6.92 Å². The summed E-state index contributed by atoms with van der Waals surface area (Å²) in [6, 6.07) is 0. The molecule has 0 amide bonds. The molecule has 0 saturated heterocycles. The molecule has 0 aliphatic rings. The maximum Gasteiger partial charge on any atom is 0.346 e. The van der Waals surface area contributed by atoms with Crippen molar-refractivity contribution in [2.24, 2.45) is 0 Å². The molecule has 3 heteroatoms.